The summed E-state index contributed by atoms with van der Waals surface area (Å²) in [4.78, 5) is 8.06. The van der Waals surface area contributed by atoms with Crippen molar-refractivity contribution in [2.45, 2.75) is 51.2 Å². The molecule has 0 amide bonds. The quantitative estimate of drug-likeness (QED) is 0.434. The largest absolute Gasteiger partial charge is 0.355 e. The van der Waals surface area contributed by atoms with Crippen LogP contribution in [0.1, 0.15) is 33.3 Å². The summed E-state index contributed by atoms with van der Waals surface area (Å²) in [5.74, 6) is 0.853. The predicted molar refractivity (Wildman–Crippen MR) is 103 cm³/mol. The van der Waals surface area contributed by atoms with E-state index >= 15 is 0 Å². The zero-order valence-electron chi connectivity index (χ0n) is 15.4. The second kappa shape index (κ2) is 10.6. The monoisotopic (exact) mass is 336 g/mol. The SMILES string of the molecule is CN=C(NCCN(C(C)C)C(C)C)NCc1ccc(SC)cc1. The van der Waals surface area contributed by atoms with E-state index in [1.807, 2.05) is 7.05 Å². The lowest BCUT2D eigenvalue weighted by molar-refractivity contribution is 0.178. The molecule has 130 valence electrons. The number of aliphatic imine (C=N–C) groups is 1. The number of nitrogens with zero attached hydrogens (tertiary/aromatic N) is 2. The van der Waals surface area contributed by atoms with Gasteiger partial charge >= 0.3 is 0 Å². The Hall–Kier alpha value is -1.20. The predicted octanol–water partition coefficient (Wildman–Crippen LogP) is 3.19. The third kappa shape index (κ3) is 7.27. The van der Waals surface area contributed by atoms with Crippen molar-refractivity contribution in [2.75, 3.05) is 26.4 Å². The van der Waals surface area contributed by atoms with Crippen LogP contribution in [0.5, 0.6) is 0 Å². The molecule has 0 unspecified atom stereocenters. The van der Waals surface area contributed by atoms with Crippen molar-refractivity contribution in [3.63, 3.8) is 0 Å². The highest BCUT2D eigenvalue weighted by molar-refractivity contribution is 7.98. The maximum absolute atomic E-state index is 4.30. The average molecular weight is 337 g/mol. The van der Waals surface area contributed by atoms with E-state index in [1.165, 1.54) is 10.5 Å². The van der Waals surface area contributed by atoms with Crippen molar-refractivity contribution < 1.29 is 0 Å². The zero-order chi connectivity index (χ0) is 17.2. The molecule has 0 aliphatic rings. The van der Waals surface area contributed by atoms with Crippen molar-refractivity contribution >= 4 is 17.7 Å². The second-order valence-electron chi connectivity index (χ2n) is 6.13. The maximum Gasteiger partial charge on any atom is 0.191 e. The first-order valence-corrected chi connectivity index (χ1v) is 9.53. The molecule has 1 aromatic carbocycles. The Kier molecular flexibility index (Phi) is 9.10. The van der Waals surface area contributed by atoms with Gasteiger partial charge in [-0.3, -0.25) is 9.89 Å². The Labute approximate surface area is 146 Å². The van der Waals surface area contributed by atoms with E-state index in [4.69, 9.17) is 0 Å². The molecule has 0 saturated carbocycles. The lowest BCUT2D eigenvalue weighted by Crippen LogP contribution is -2.45. The van der Waals surface area contributed by atoms with Crippen molar-refractivity contribution in [3.8, 4) is 0 Å². The standard InChI is InChI=1S/C18H32N4S/c1-14(2)22(15(3)4)12-11-20-18(19-5)21-13-16-7-9-17(23-6)10-8-16/h7-10,14-15H,11-13H2,1-6H3,(H2,19,20,21). The van der Waals surface area contributed by atoms with E-state index in [1.54, 1.807) is 11.8 Å². The number of hydrogen-bond acceptors (Lipinski definition) is 3. The van der Waals surface area contributed by atoms with E-state index in [0.29, 0.717) is 12.1 Å². The molecule has 4 nitrogen and oxygen atoms in total. The summed E-state index contributed by atoms with van der Waals surface area (Å²) in [5.41, 5.74) is 1.26. The van der Waals surface area contributed by atoms with Gasteiger partial charge in [0.25, 0.3) is 0 Å². The molecule has 23 heavy (non-hydrogen) atoms. The smallest absolute Gasteiger partial charge is 0.191 e. The number of guanidine groups is 1. The molecule has 5 heteroatoms. The Morgan fingerprint density at radius 2 is 1.70 bits per heavy atom. The highest BCUT2D eigenvalue weighted by Crippen LogP contribution is 2.14. The van der Waals surface area contributed by atoms with Gasteiger partial charge in [0.15, 0.2) is 5.96 Å². The highest BCUT2D eigenvalue weighted by Gasteiger charge is 2.12. The zero-order valence-corrected chi connectivity index (χ0v) is 16.2. The normalized spacial score (nSPS) is 12.3. The van der Waals surface area contributed by atoms with Gasteiger partial charge in [-0.2, -0.15) is 0 Å². The van der Waals surface area contributed by atoms with Gasteiger partial charge in [0, 0.05) is 43.7 Å². The molecule has 1 rings (SSSR count). The summed E-state index contributed by atoms with van der Waals surface area (Å²) < 4.78 is 0. The molecule has 0 spiro atoms. The second-order valence-corrected chi connectivity index (χ2v) is 7.01. The molecular formula is C18H32N4S. The molecule has 0 heterocycles. The lowest BCUT2D eigenvalue weighted by Gasteiger charge is -2.30. The Bertz CT molecular complexity index is 460. The van der Waals surface area contributed by atoms with Crippen molar-refractivity contribution in [3.05, 3.63) is 29.8 Å². The van der Waals surface area contributed by atoms with Crippen LogP contribution in [-0.4, -0.2) is 49.3 Å². The molecular weight excluding hydrogens is 304 g/mol. The minimum Gasteiger partial charge on any atom is -0.355 e. The number of thioether (sulfide) groups is 1. The highest BCUT2D eigenvalue weighted by atomic mass is 32.2. The first-order valence-electron chi connectivity index (χ1n) is 8.31. The molecule has 2 N–H and O–H groups in total. The van der Waals surface area contributed by atoms with E-state index < -0.39 is 0 Å². The van der Waals surface area contributed by atoms with Gasteiger partial charge in [-0.1, -0.05) is 12.1 Å². The van der Waals surface area contributed by atoms with Gasteiger partial charge in [0.1, 0.15) is 0 Å². The average Bonchev–Trinajstić information content (AvgIpc) is 2.54. The summed E-state index contributed by atoms with van der Waals surface area (Å²) in [6, 6.07) is 9.74. The third-order valence-corrected chi connectivity index (χ3v) is 4.58. The number of nitrogens with one attached hydrogen (secondary N) is 2. The van der Waals surface area contributed by atoms with Crippen LogP contribution in [0.15, 0.2) is 34.2 Å². The van der Waals surface area contributed by atoms with Gasteiger partial charge in [0.2, 0.25) is 0 Å². The molecule has 0 atom stereocenters. The lowest BCUT2D eigenvalue weighted by atomic mass is 10.2. The molecule has 1 aromatic rings. The van der Waals surface area contributed by atoms with Gasteiger partial charge in [0.05, 0.1) is 0 Å². The summed E-state index contributed by atoms with van der Waals surface area (Å²) in [7, 11) is 1.81. The van der Waals surface area contributed by atoms with E-state index in [2.05, 4.69) is 78.7 Å². The van der Waals surface area contributed by atoms with Gasteiger partial charge in [-0.05, 0) is 51.6 Å². The van der Waals surface area contributed by atoms with Crippen molar-refractivity contribution in [1.29, 1.82) is 0 Å². The summed E-state index contributed by atoms with van der Waals surface area (Å²) >= 11 is 1.76. The Morgan fingerprint density at radius 3 is 2.17 bits per heavy atom. The summed E-state index contributed by atoms with van der Waals surface area (Å²) in [6.45, 7) is 11.7. The number of rotatable bonds is 8. The third-order valence-electron chi connectivity index (χ3n) is 3.83. The number of benzene rings is 1. The van der Waals surface area contributed by atoms with Crippen molar-refractivity contribution in [1.82, 2.24) is 15.5 Å². The maximum atomic E-state index is 4.30. The first kappa shape index (κ1) is 19.8. The molecule has 0 aliphatic heterocycles. The minimum atomic E-state index is 0.557. The number of hydrogen-bond donors (Lipinski definition) is 2. The summed E-state index contributed by atoms with van der Waals surface area (Å²) in [6.07, 6.45) is 2.09. The van der Waals surface area contributed by atoms with Crippen LogP contribution in [0.2, 0.25) is 0 Å². The van der Waals surface area contributed by atoms with E-state index in [9.17, 15) is 0 Å². The van der Waals surface area contributed by atoms with Crippen LogP contribution in [0.3, 0.4) is 0 Å². The van der Waals surface area contributed by atoms with Crippen molar-refractivity contribution in [2.24, 2.45) is 4.99 Å². The Morgan fingerprint density at radius 1 is 1.09 bits per heavy atom. The van der Waals surface area contributed by atoms with Gasteiger partial charge < -0.3 is 10.6 Å². The van der Waals surface area contributed by atoms with Crippen LogP contribution < -0.4 is 10.6 Å². The molecule has 0 saturated heterocycles. The first-order chi connectivity index (χ1) is 11.0. The summed E-state index contributed by atoms with van der Waals surface area (Å²) in [5, 5.41) is 6.76. The van der Waals surface area contributed by atoms with Crippen LogP contribution in [-0.2, 0) is 6.54 Å². The minimum absolute atomic E-state index is 0.557. The fourth-order valence-electron chi connectivity index (χ4n) is 2.57. The van der Waals surface area contributed by atoms with Gasteiger partial charge in [-0.15, -0.1) is 11.8 Å². The van der Waals surface area contributed by atoms with Crippen LogP contribution in [0.4, 0.5) is 0 Å². The Balaban J connectivity index is 2.39. The van der Waals surface area contributed by atoms with Crippen LogP contribution in [0.25, 0.3) is 0 Å². The topological polar surface area (TPSA) is 39.7 Å². The van der Waals surface area contributed by atoms with Crippen LogP contribution in [0, 0.1) is 0 Å². The molecule has 0 aliphatic carbocycles. The molecule has 0 bridgehead atoms. The van der Waals surface area contributed by atoms with E-state index in [0.717, 1.165) is 25.6 Å². The fourth-order valence-corrected chi connectivity index (χ4v) is 2.97. The molecule has 0 aromatic heterocycles. The fraction of sp³-hybridized carbons (Fsp3) is 0.611. The van der Waals surface area contributed by atoms with E-state index in [-0.39, 0.29) is 0 Å². The van der Waals surface area contributed by atoms with Gasteiger partial charge in [-0.25, -0.2) is 0 Å². The molecule has 0 fully saturated rings. The molecule has 0 radical (unpaired) electrons. The van der Waals surface area contributed by atoms with Crippen LogP contribution >= 0.6 is 11.8 Å².